The molecule has 21 heavy (non-hydrogen) atoms. The molecule has 1 aromatic rings. The van der Waals surface area contributed by atoms with E-state index in [9.17, 15) is 4.79 Å². The van der Waals surface area contributed by atoms with Crippen molar-refractivity contribution in [2.24, 2.45) is 0 Å². The lowest BCUT2D eigenvalue weighted by Gasteiger charge is -2.37. The van der Waals surface area contributed by atoms with Crippen LogP contribution in [0.3, 0.4) is 0 Å². The lowest BCUT2D eigenvalue weighted by Crippen LogP contribution is -2.49. The average Bonchev–Trinajstić information content (AvgIpc) is 2.48. The number of carbonyl (C=O) groups excluding carboxylic acids is 1. The molecule has 0 aromatic carbocycles. The number of ether oxygens (including phenoxy) is 1. The molecule has 2 heterocycles. The molecule has 1 aliphatic rings. The lowest BCUT2D eigenvalue weighted by molar-refractivity contribution is 0.168. The number of piperazine rings is 1. The minimum atomic E-state index is -0.447. The summed E-state index contributed by atoms with van der Waals surface area (Å²) in [6.07, 6.45) is 1.22. The average molecular weight is 292 g/mol. The summed E-state index contributed by atoms with van der Waals surface area (Å²) in [7, 11) is 0. The van der Waals surface area contributed by atoms with E-state index in [4.69, 9.17) is 4.74 Å². The highest BCUT2D eigenvalue weighted by molar-refractivity contribution is 5.84. The second-order valence-electron chi connectivity index (χ2n) is 5.37. The predicted octanol–water partition coefficient (Wildman–Crippen LogP) is 2.18. The summed E-state index contributed by atoms with van der Waals surface area (Å²) in [5.74, 6) is 0.952. The maximum absolute atomic E-state index is 11.3. The first-order valence-electron chi connectivity index (χ1n) is 7.49. The van der Waals surface area contributed by atoms with Gasteiger partial charge >= 0.3 is 6.09 Å². The number of hydrogen-bond acceptors (Lipinski definition) is 5. The van der Waals surface area contributed by atoms with Crippen LogP contribution in [0.5, 0.6) is 0 Å². The number of amides is 1. The topological polar surface area (TPSA) is 57.7 Å². The Balaban J connectivity index is 1.89. The van der Waals surface area contributed by atoms with Crippen molar-refractivity contribution in [3.63, 3.8) is 0 Å². The Bertz CT molecular complexity index is 453. The van der Waals surface area contributed by atoms with E-state index >= 15 is 0 Å². The number of hydrogen-bond donors (Lipinski definition) is 1. The summed E-state index contributed by atoms with van der Waals surface area (Å²) in [5, 5.41) is 2.64. The third-order valence-corrected chi connectivity index (χ3v) is 3.64. The van der Waals surface area contributed by atoms with Crippen LogP contribution in [0, 0.1) is 0 Å². The van der Waals surface area contributed by atoms with Gasteiger partial charge in [-0.15, -0.1) is 0 Å². The summed E-state index contributed by atoms with van der Waals surface area (Å²) < 4.78 is 4.83. The summed E-state index contributed by atoms with van der Waals surface area (Å²) >= 11 is 0. The van der Waals surface area contributed by atoms with Gasteiger partial charge in [-0.2, -0.15) is 0 Å². The molecule has 0 unspecified atom stereocenters. The summed E-state index contributed by atoms with van der Waals surface area (Å²) in [6.45, 7) is 10.7. The van der Waals surface area contributed by atoms with Gasteiger partial charge in [-0.05, 0) is 32.9 Å². The Hall–Kier alpha value is -1.82. The lowest BCUT2D eigenvalue weighted by atomic mass is 10.2. The van der Waals surface area contributed by atoms with E-state index in [1.54, 1.807) is 13.1 Å². The van der Waals surface area contributed by atoms with E-state index in [2.05, 4.69) is 33.9 Å². The standard InChI is InChI=1S/C15H24N4O2/c1-4-21-15(20)17-13-5-6-14(16-11-13)19-9-7-18(8-10-19)12(2)3/h5-6,11-12H,4,7-10H2,1-3H3,(H,17,20). The van der Waals surface area contributed by atoms with Crippen molar-refractivity contribution in [3.8, 4) is 0 Å². The van der Waals surface area contributed by atoms with Crippen LogP contribution in [0.4, 0.5) is 16.3 Å². The van der Waals surface area contributed by atoms with E-state index < -0.39 is 6.09 Å². The van der Waals surface area contributed by atoms with Crippen LogP contribution in [0.25, 0.3) is 0 Å². The number of pyridine rings is 1. The zero-order valence-electron chi connectivity index (χ0n) is 13.0. The number of nitrogens with one attached hydrogen (secondary N) is 1. The molecule has 0 atom stereocenters. The fourth-order valence-electron chi connectivity index (χ4n) is 2.40. The normalized spacial score (nSPS) is 16.1. The molecule has 0 saturated carbocycles. The molecular formula is C15H24N4O2. The molecule has 1 fully saturated rings. The zero-order valence-corrected chi connectivity index (χ0v) is 13.0. The van der Waals surface area contributed by atoms with Gasteiger partial charge in [0.2, 0.25) is 0 Å². The van der Waals surface area contributed by atoms with Crippen molar-refractivity contribution in [1.29, 1.82) is 0 Å². The monoisotopic (exact) mass is 292 g/mol. The summed E-state index contributed by atoms with van der Waals surface area (Å²) in [5.41, 5.74) is 0.651. The van der Waals surface area contributed by atoms with Crippen LogP contribution in [0.2, 0.25) is 0 Å². The highest BCUT2D eigenvalue weighted by Gasteiger charge is 2.19. The van der Waals surface area contributed by atoms with Gasteiger partial charge in [0.1, 0.15) is 5.82 Å². The first-order valence-corrected chi connectivity index (χ1v) is 7.49. The zero-order chi connectivity index (χ0) is 15.2. The van der Waals surface area contributed by atoms with Crippen LogP contribution >= 0.6 is 0 Å². The summed E-state index contributed by atoms with van der Waals surface area (Å²) in [6, 6.07) is 4.39. The van der Waals surface area contributed by atoms with Crippen molar-refractivity contribution in [1.82, 2.24) is 9.88 Å². The number of anilines is 2. The van der Waals surface area contributed by atoms with Crippen LogP contribution in [-0.2, 0) is 4.74 Å². The fourth-order valence-corrected chi connectivity index (χ4v) is 2.40. The molecule has 1 aromatic heterocycles. The molecule has 0 bridgehead atoms. The maximum Gasteiger partial charge on any atom is 0.411 e. The largest absolute Gasteiger partial charge is 0.450 e. The maximum atomic E-state index is 11.3. The van der Waals surface area contributed by atoms with Crippen LogP contribution in [-0.4, -0.2) is 54.8 Å². The summed E-state index contributed by atoms with van der Waals surface area (Å²) in [4.78, 5) is 20.5. The SMILES string of the molecule is CCOC(=O)Nc1ccc(N2CCN(C(C)C)CC2)nc1. The van der Waals surface area contributed by atoms with Crippen molar-refractivity contribution in [2.45, 2.75) is 26.8 Å². The molecule has 6 nitrogen and oxygen atoms in total. The molecule has 1 amide bonds. The van der Waals surface area contributed by atoms with E-state index in [1.165, 1.54) is 0 Å². The van der Waals surface area contributed by atoms with Crippen LogP contribution in [0.15, 0.2) is 18.3 Å². The highest BCUT2D eigenvalue weighted by Crippen LogP contribution is 2.17. The highest BCUT2D eigenvalue weighted by atomic mass is 16.5. The number of aromatic nitrogens is 1. The van der Waals surface area contributed by atoms with E-state index in [1.807, 2.05) is 12.1 Å². The van der Waals surface area contributed by atoms with Crippen LogP contribution in [0.1, 0.15) is 20.8 Å². The second-order valence-corrected chi connectivity index (χ2v) is 5.37. The van der Waals surface area contributed by atoms with Gasteiger partial charge in [-0.25, -0.2) is 9.78 Å². The molecule has 1 N–H and O–H groups in total. The molecule has 0 aliphatic carbocycles. The van der Waals surface area contributed by atoms with Gasteiger partial charge in [0.15, 0.2) is 0 Å². The number of nitrogens with zero attached hydrogens (tertiary/aromatic N) is 3. The third-order valence-electron chi connectivity index (χ3n) is 3.64. The van der Waals surface area contributed by atoms with Gasteiger partial charge < -0.3 is 9.64 Å². The molecule has 0 spiro atoms. The van der Waals surface area contributed by atoms with Crippen LogP contribution < -0.4 is 10.2 Å². The molecule has 2 rings (SSSR count). The Labute approximate surface area is 126 Å². The second kappa shape index (κ2) is 7.26. The Kier molecular flexibility index (Phi) is 5.38. The van der Waals surface area contributed by atoms with E-state index in [0.29, 0.717) is 18.3 Å². The molecule has 116 valence electrons. The molecule has 1 aliphatic heterocycles. The van der Waals surface area contributed by atoms with Gasteiger partial charge in [-0.3, -0.25) is 10.2 Å². The number of carbonyl (C=O) groups is 1. The van der Waals surface area contributed by atoms with E-state index in [-0.39, 0.29) is 0 Å². The first kappa shape index (κ1) is 15.6. The molecular weight excluding hydrogens is 268 g/mol. The van der Waals surface area contributed by atoms with Crippen molar-refractivity contribution < 1.29 is 9.53 Å². The Morgan fingerprint density at radius 2 is 2.05 bits per heavy atom. The minimum absolute atomic E-state index is 0.359. The van der Waals surface area contributed by atoms with E-state index in [0.717, 1.165) is 32.0 Å². The third kappa shape index (κ3) is 4.32. The van der Waals surface area contributed by atoms with Gasteiger partial charge in [-0.1, -0.05) is 0 Å². The predicted molar refractivity (Wildman–Crippen MR) is 83.8 cm³/mol. The molecule has 6 heteroatoms. The molecule has 0 radical (unpaired) electrons. The van der Waals surface area contributed by atoms with Gasteiger partial charge in [0.25, 0.3) is 0 Å². The van der Waals surface area contributed by atoms with Crippen molar-refractivity contribution >= 4 is 17.6 Å². The minimum Gasteiger partial charge on any atom is -0.450 e. The quantitative estimate of drug-likeness (QED) is 0.922. The fraction of sp³-hybridized carbons (Fsp3) is 0.600. The first-order chi connectivity index (χ1) is 10.1. The number of rotatable bonds is 4. The van der Waals surface area contributed by atoms with Crippen molar-refractivity contribution in [2.75, 3.05) is 43.0 Å². The van der Waals surface area contributed by atoms with Gasteiger partial charge in [0.05, 0.1) is 18.5 Å². The van der Waals surface area contributed by atoms with Crippen molar-refractivity contribution in [3.05, 3.63) is 18.3 Å². The Morgan fingerprint density at radius 1 is 1.33 bits per heavy atom. The molecule has 1 saturated heterocycles. The smallest absolute Gasteiger partial charge is 0.411 e. The Morgan fingerprint density at radius 3 is 2.57 bits per heavy atom. The van der Waals surface area contributed by atoms with Gasteiger partial charge in [0, 0.05) is 32.2 Å².